The van der Waals surface area contributed by atoms with E-state index in [1.165, 1.54) is 12.8 Å². The molecule has 0 aromatic rings. The van der Waals surface area contributed by atoms with Crippen LogP contribution in [0.1, 0.15) is 12.8 Å². The number of fused-ring (bicyclic) bond motifs is 1. The quantitative estimate of drug-likeness (QED) is 0.411. The van der Waals surface area contributed by atoms with Gasteiger partial charge in [-0.25, -0.2) is 10.9 Å². The second kappa shape index (κ2) is 2.70. The highest BCUT2D eigenvalue weighted by molar-refractivity contribution is 5.01. The first-order valence-electron chi connectivity index (χ1n) is 3.87. The first-order valence-corrected chi connectivity index (χ1v) is 3.87. The van der Waals surface area contributed by atoms with E-state index in [0.717, 1.165) is 6.54 Å². The maximum Gasteiger partial charge on any atom is 0.0304 e. The average molecular weight is 139 g/mol. The molecule has 0 radical (unpaired) electrons. The number of allylic oxidation sites excluding steroid dienone is 1. The van der Waals surface area contributed by atoms with Crippen LogP contribution in [0.15, 0.2) is 12.2 Å². The van der Waals surface area contributed by atoms with Gasteiger partial charge in [-0.1, -0.05) is 12.2 Å². The summed E-state index contributed by atoms with van der Waals surface area (Å²) in [5, 5.41) is 0. The lowest BCUT2D eigenvalue weighted by Crippen LogP contribution is -2.59. The normalized spacial score (nSPS) is 39.2. The molecule has 0 aromatic carbocycles. The summed E-state index contributed by atoms with van der Waals surface area (Å²) in [5.41, 5.74) is 9.23. The van der Waals surface area contributed by atoms with Crippen molar-refractivity contribution in [1.29, 1.82) is 0 Å². The molecule has 56 valence electrons. The van der Waals surface area contributed by atoms with Crippen molar-refractivity contribution in [3.63, 3.8) is 0 Å². The minimum Gasteiger partial charge on any atom is -0.244 e. The molecule has 2 unspecified atom stereocenters. The number of hydrogen-bond acceptors (Lipinski definition) is 3. The van der Waals surface area contributed by atoms with Crippen LogP contribution in [0.2, 0.25) is 0 Å². The molecule has 3 N–H and O–H groups in total. The van der Waals surface area contributed by atoms with Crippen LogP contribution in [0.4, 0.5) is 0 Å². The summed E-state index contributed by atoms with van der Waals surface area (Å²) in [6, 6.07) is 0.645. The molecule has 0 saturated carbocycles. The molecule has 0 spiro atoms. The van der Waals surface area contributed by atoms with Crippen LogP contribution in [0.5, 0.6) is 0 Å². The van der Waals surface area contributed by atoms with E-state index in [0.29, 0.717) is 12.0 Å². The summed E-state index contributed by atoms with van der Waals surface area (Å²) in [6.07, 6.45) is 7.05. The fourth-order valence-corrected chi connectivity index (χ4v) is 1.60. The molecule has 2 aliphatic rings. The topological polar surface area (TPSA) is 36.1 Å². The Morgan fingerprint density at radius 2 is 2.40 bits per heavy atom. The van der Waals surface area contributed by atoms with Crippen molar-refractivity contribution in [3.8, 4) is 0 Å². The van der Waals surface area contributed by atoms with Gasteiger partial charge in [-0.3, -0.25) is 0 Å². The molecule has 1 aliphatic carbocycles. The Kier molecular flexibility index (Phi) is 1.71. The van der Waals surface area contributed by atoms with Crippen molar-refractivity contribution in [3.05, 3.63) is 12.2 Å². The second-order valence-electron chi connectivity index (χ2n) is 2.93. The van der Waals surface area contributed by atoms with Crippen LogP contribution in [-0.4, -0.2) is 12.6 Å². The minimum atomic E-state index is 0.645. The van der Waals surface area contributed by atoms with Gasteiger partial charge >= 0.3 is 0 Å². The summed E-state index contributed by atoms with van der Waals surface area (Å²) in [7, 11) is 0. The van der Waals surface area contributed by atoms with Gasteiger partial charge in [0.2, 0.25) is 0 Å². The number of hydrazine groups is 2. The highest BCUT2D eigenvalue weighted by Gasteiger charge is 2.23. The van der Waals surface area contributed by atoms with Crippen molar-refractivity contribution < 1.29 is 0 Å². The van der Waals surface area contributed by atoms with Gasteiger partial charge in [0.25, 0.3) is 0 Å². The SMILES string of the molecule is C1=CC2CNNNC2CC1. The first-order chi connectivity index (χ1) is 4.97. The van der Waals surface area contributed by atoms with Gasteiger partial charge < -0.3 is 0 Å². The molecule has 0 bridgehead atoms. The lowest BCUT2D eigenvalue weighted by Gasteiger charge is -2.33. The lowest BCUT2D eigenvalue weighted by molar-refractivity contribution is 0.230. The third-order valence-corrected chi connectivity index (χ3v) is 2.23. The van der Waals surface area contributed by atoms with E-state index in [4.69, 9.17) is 0 Å². The molecule has 0 aromatic heterocycles. The molecule has 10 heavy (non-hydrogen) atoms. The number of hydrogen-bond donors (Lipinski definition) is 3. The van der Waals surface area contributed by atoms with E-state index in [9.17, 15) is 0 Å². The zero-order valence-corrected chi connectivity index (χ0v) is 5.93. The van der Waals surface area contributed by atoms with Gasteiger partial charge in [0.1, 0.15) is 0 Å². The van der Waals surface area contributed by atoms with E-state index < -0.39 is 0 Å². The van der Waals surface area contributed by atoms with E-state index in [1.807, 2.05) is 0 Å². The van der Waals surface area contributed by atoms with Gasteiger partial charge in [0.05, 0.1) is 0 Å². The molecule has 1 aliphatic heterocycles. The fourth-order valence-electron chi connectivity index (χ4n) is 1.60. The number of nitrogens with one attached hydrogen (secondary N) is 3. The summed E-state index contributed by atoms with van der Waals surface area (Å²) >= 11 is 0. The monoisotopic (exact) mass is 139 g/mol. The predicted molar refractivity (Wildman–Crippen MR) is 39.9 cm³/mol. The van der Waals surface area contributed by atoms with Crippen LogP contribution < -0.4 is 16.4 Å². The van der Waals surface area contributed by atoms with Crippen molar-refractivity contribution in [2.75, 3.05) is 6.54 Å². The molecule has 2 rings (SSSR count). The zero-order valence-electron chi connectivity index (χ0n) is 5.93. The van der Waals surface area contributed by atoms with Crippen molar-refractivity contribution in [2.45, 2.75) is 18.9 Å². The van der Waals surface area contributed by atoms with E-state index >= 15 is 0 Å². The van der Waals surface area contributed by atoms with Crippen LogP contribution >= 0.6 is 0 Å². The Bertz CT molecular complexity index is 144. The smallest absolute Gasteiger partial charge is 0.0304 e. The van der Waals surface area contributed by atoms with Crippen molar-refractivity contribution in [2.24, 2.45) is 5.92 Å². The van der Waals surface area contributed by atoms with Crippen molar-refractivity contribution >= 4 is 0 Å². The lowest BCUT2D eigenvalue weighted by atomic mass is 9.90. The van der Waals surface area contributed by atoms with E-state index in [1.54, 1.807) is 0 Å². The Morgan fingerprint density at radius 3 is 3.30 bits per heavy atom. The van der Waals surface area contributed by atoms with Gasteiger partial charge in [0, 0.05) is 18.5 Å². The van der Waals surface area contributed by atoms with Gasteiger partial charge in [-0.15, -0.1) is 0 Å². The van der Waals surface area contributed by atoms with Crippen LogP contribution in [0, 0.1) is 5.92 Å². The molecule has 1 heterocycles. The maximum absolute atomic E-state index is 3.21. The first kappa shape index (κ1) is 6.34. The largest absolute Gasteiger partial charge is 0.244 e. The maximum atomic E-state index is 3.21. The molecule has 3 heteroatoms. The highest BCUT2D eigenvalue weighted by atomic mass is 15.6. The van der Waals surface area contributed by atoms with Gasteiger partial charge in [0.15, 0.2) is 0 Å². The average Bonchev–Trinajstić information content (AvgIpc) is 2.05. The summed E-state index contributed by atoms with van der Waals surface area (Å²) in [5.74, 6) is 0.690. The van der Waals surface area contributed by atoms with E-state index in [2.05, 4.69) is 28.5 Å². The highest BCUT2D eigenvalue weighted by Crippen LogP contribution is 2.17. The Hall–Kier alpha value is -0.380. The summed E-state index contributed by atoms with van der Waals surface area (Å²) in [4.78, 5) is 0. The molecule has 1 saturated heterocycles. The molecular weight excluding hydrogens is 126 g/mol. The molecule has 0 amide bonds. The van der Waals surface area contributed by atoms with Crippen LogP contribution in [-0.2, 0) is 0 Å². The standard InChI is InChI=1S/C7H13N3/c1-2-4-7-6(3-1)5-8-10-9-7/h1,3,6-10H,2,4-5H2. The van der Waals surface area contributed by atoms with Crippen LogP contribution in [0.25, 0.3) is 0 Å². The Morgan fingerprint density at radius 1 is 1.40 bits per heavy atom. The fraction of sp³-hybridized carbons (Fsp3) is 0.714. The predicted octanol–water partition coefficient (Wildman–Crippen LogP) is -0.0664. The number of rotatable bonds is 0. The van der Waals surface area contributed by atoms with Crippen LogP contribution in [0.3, 0.4) is 0 Å². The van der Waals surface area contributed by atoms with Crippen molar-refractivity contribution in [1.82, 2.24) is 16.4 Å². The van der Waals surface area contributed by atoms with E-state index in [-0.39, 0.29) is 0 Å². The Labute approximate surface area is 60.8 Å². The summed E-state index contributed by atoms with van der Waals surface area (Å²) in [6.45, 7) is 1.05. The van der Waals surface area contributed by atoms with Gasteiger partial charge in [-0.05, 0) is 12.8 Å². The molecule has 1 fully saturated rings. The Balaban J connectivity index is 2.03. The van der Waals surface area contributed by atoms with Gasteiger partial charge in [-0.2, -0.15) is 5.53 Å². The molecule has 2 atom stereocenters. The summed E-state index contributed by atoms with van der Waals surface area (Å²) < 4.78 is 0. The zero-order chi connectivity index (χ0) is 6.81. The third-order valence-electron chi connectivity index (χ3n) is 2.23. The molecular formula is C7H13N3. The molecule has 3 nitrogen and oxygen atoms in total. The third kappa shape index (κ3) is 1.08. The second-order valence-corrected chi connectivity index (χ2v) is 2.93. The minimum absolute atomic E-state index is 0.645.